The van der Waals surface area contributed by atoms with E-state index in [-0.39, 0.29) is 34.4 Å². The Balaban J connectivity index is 1.51. The van der Waals surface area contributed by atoms with E-state index >= 15 is 0 Å². The van der Waals surface area contributed by atoms with Crippen molar-refractivity contribution >= 4 is 5.78 Å². The molecule has 2 spiro atoms. The van der Waals surface area contributed by atoms with Gasteiger partial charge in [-0.05, 0) is 63.1 Å². The Morgan fingerprint density at radius 2 is 2.17 bits per heavy atom. The maximum Gasteiger partial charge on any atom is 0.165 e. The van der Waals surface area contributed by atoms with Crippen LogP contribution < -0.4 is 4.74 Å². The van der Waals surface area contributed by atoms with Gasteiger partial charge in [0.05, 0.1) is 11.3 Å². The summed E-state index contributed by atoms with van der Waals surface area (Å²) < 4.78 is 12.8. The first kappa shape index (κ1) is 17.8. The molecule has 1 aromatic carbocycles. The number of fused-ring (bicyclic) bond motifs is 1. The molecule has 5 nitrogen and oxygen atoms in total. The first-order chi connectivity index (χ1) is 14.5. The third-order valence-electron chi connectivity index (χ3n) is 9.60. The molecule has 30 heavy (non-hydrogen) atoms. The fourth-order valence-electron chi connectivity index (χ4n) is 8.24. The first-order valence-electron chi connectivity index (χ1n) is 11.5. The Morgan fingerprint density at radius 3 is 2.90 bits per heavy atom. The van der Waals surface area contributed by atoms with Gasteiger partial charge in [0.15, 0.2) is 11.5 Å². The van der Waals surface area contributed by atoms with Crippen molar-refractivity contribution in [2.75, 3.05) is 20.2 Å². The maximum absolute atomic E-state index is 12.9. The van der Waals surface area contributed by atoms with Gasteiger partial charge < -0.3 is 14.6 Å². The van der Waals surface area contributed by atoms with E-state index in [4.69, 9.17) is 9.47 Å². The van der Waals surface area contributed by atoms with E-state index in [2.05, 4.69) is 23.1 Å². The molecule has 0 amide bonds. The predicted octanol–water partition coefficient (Wildman–Crippen LogP) is 2.98. The number of ether oxygens (including phenoxy) is 2. The molecule has 7 aliphatic rings. The molecular formula is C25H29NO4. The third-order valence-corrected chi connectivity index (χ3v) is 9.60. The highest BCUT2D eigenvalue weighted by Gasteiger charge is 2.79. The van der Waals surface area contributed by atoms with Crippen LogP contribution in [-0.2, 0) is 21.4 Å². The number of carbonyl (C=O) groups is 1. The van der Waals surface area contributed by atoms with Crippen LogP contribution in [0.2, 0.25) is 0 Å². The molecule has 0 radical (unpaired) electrons. The van der Waals surface area contributed by atoms with Gasteiger partial charge in [-0.2, -0.15) is 0 Å². The van der Waals surface area contributed by atoms with Crippen molar-refractivity contribution < 1.29 is 19.4 Å². The van der Waals surface area contributed by atoms with Gasteiger partial charge in [0.25, 0.3) is 0 Å². The minimum atomic E-state index is -0.767. The zero-order chi connectivity index (χ0) is 20.5. The highest BCUT2D eigenvalue weighted by atomic mass is 16.6. The molecule has 3 fully saturated rings. The molecule has 5 heteroatoms. The van der Waals surface area contributed by atoms with E-state index in [0.29, 0.717) is 11.8 Å². The molecular weight excluding hydrogens is 378 g/mol. The van der Waals surface area contributed by atoms with E-state index in [1.807, 2.05) is 0 Å². The molecule has 6 atom stereocenters. The quantitative estimate of drug-likeness (QED) is 0.778. The van der Waals surface area contributed by atoms with Gasteiger partial charge in [-0.3, -0.25) is 9.69 Å². The fourth-order valence-corrected chi connectivity index (χ4v) is 8.24. The number of nitrogens with zero attached hydrogens (tertiary/aromatic N) is 1. The summed E-state index contributed by atoms with van der Waals surface area (Å²) in [6.45, 7) is 3.92. The molecule has 2 saturated carbocycles. The van der Waals surface area contributed by atoms with Gasteiger partial charge >= 0.3 is 0 Å². The number of Topliss-reactive ketones (excluding diaryl/α,β-unsaturated/α-hetero) is 1. The first-order valence-corrected chi connectivity index (χ1v) is 11.5. The van der Waals surface area contributed by atoms with E-state index in [1.54, 1.807) is 20.1 Å². The molecule has 0 aromatic heterocycles. The molecule has 158 valence electrons. The highest BCUT2D eigenvalue weighted by Crippen LogP contribution is 2.74. The molecule has 1 N–H and O–H groups in total. The topological polar surface area (TPSA) is 59.0 Å². The summed E-state index contributed by atoms with van der Waals surface area (Å²) >= 11 is 0. The monoisotopic (exact) mass is 407 g/mol. The van der Waals surface area contributed by atoms with Crippen LogP contribution in [0.3, 0.4) is 0 Å². The van der Waals surface area contributed by atoms with Gasteiger partial charge in [0, 0.05) is 30.7 Å². The van der Waals surface area contributed by atoms with Gasteiger partial charge in [0.2, 0.25) is 0 Å². The molecule has 5 aliphatic carbocycles. The number of carbonyl (C=O) groups excluding carboxylic acids is 1. The average molecular weight is 408 g/mol. The van der Waals surface area contributed by atoms with Crippen molar-refractivity contribution in [3.05, 3.63) is 35.4 Å². The minimum Gasteiger partial charge on any atom is -0.504 e. The lowest BCUT2D eigenvalue weighted by Gasteiger charge is -2.71. The Morgan fingerprint density at radius 1 is 1.33 bits per heavy atom. The highest BCUT2D eigenvalue weighted by molar-refractivity contribution is 5.82. The zero-order valence-corrected chi connectivity index (χ0v) is 17.7. The van der Waals surface area contributed by atoms with E-state index in [0.717, 1.165) is 31.7 Å². The van der Waals surface area contributed by atoms with Crippen LogP contribution in [0.15, 0.2) is 24.3 Å². The van der Waals surface area contributed by atoms with E-state index in [1.165, 1.54) is 30.5 Å². The van der Waals surface area contributed by atoms with Crippen LogP contribution >= 0.6 is 0 Å². The normalized spacial score (nSPS) is 44.7. The second-order valence-corrected chi connectivity index (χ2v) is 10.6. The lowest BCUT2D eigenvalue weighted by molar-refractivity contribution is -0.214. The maximum atomic E-state index is 12.9. The van der Waals surface area contributed by atoms with E-state index < -0.39 is 5.60 Å². The second kappa shape index (κ2) is 5.31. The molecule has 4 bridgehead atoms. The number of phenolic OH excluding ortho intramolecular Hbond substituents is 1. The Hall–Kier alpha value is -1.85. The number of hydrogen-bond acceptors (Lipinski definition) is 5. The number of benzene rings is 1. The molecule has 1 unspecified atom stereocenters. The Bertz CT molecular complexity index is 1010. The summed E-state index contributed by atoms with van der Waals surface area (Å²) in [5.74, 6) is 1.66. The molecule has 2 heterocycles. The van der Waals surface area contributed by atoms with Crippen LogP contribution in [0.5, 0.6) is 11.5 Å². The van der Waals surface area contributed by atoms with Crippen molar-refractivity contribution in [1.82, 2.24) is 4.90 Å². The summed E-state index contributed by atoms with van der Waals surface area (Å²) in [6.07, 6.45) is 9.75. The van der Waals surface area contributed by atoms with Gasteiger partial charge in [0.1, 0.15) is 17.5 Å². The lowest BCUT2D eigenvalue weighted by atomic mass is 9.37. The number of piperidine rings is 1. The van der Waals surface area contributed by atoms with Crippen molar-refractivity contribution in [2.45, 2.75) is 62.2 Å². The number of phenols is 1. The van der Waals surface area contributed by atoms with Gasteiger partial charge in [-0.25, -0.2) is 0 Å². The molecule has 8 rings (SSSR count). The van der Waals surface area contributed by atoms with Crippen LogP contribution in [-0.4, -0.2) is 53.7 Å². The number of likely N-dealkylation sites (tertiary alicyclic amines) is 1. The van der Waals surface area contributed by atoms with Crippen LogP contribution in [0, 0.1) is 17.3 Å². The fraction of sp³-hybridized carbons (Fsp3) is 0.640. The summed E-state index contributed by atoms with van der Waals surface area (Å²) in [5.41, 5.74) is 1.39. The lowest BCUT2D eigenvalue weighted by Crippen LogP contribution is -2.79. The predicted molar refractivity (Wildman–Crippen MR) is 111 cm³/mol. The number of ketones is 1. The summed E-state index contributed by atoms with van der Waals surface area (Å²) in [4.78, 5) is 15.6. The van der Waals surface area contributed by atoms with Gasteiger partial charge in [-0.1, -0.05) is 18.2 Å². The van der Waals surface area contributed by atoms with Crippen LogP contribution in [0.25, 0.3) is 0 Å². The van der Waals surface area contributed by atoms with Crippen LogP contribution in [0.1, 0.15) is 43.7 Å². The Kier molecular flexibility index (Phi) is 3.15. The SMILES string of the molecule is CO[C@]12C=C[C@@]3(C[C@@H]1C(C)=O)C1Cc4ccc(O)c5c4[C@@]3(CCN1CC1CC1)[C@H]2O5. The number of hydrogen-bond donors (Lipinski definition) is 1. The summed E-state index contributed by atoms with van der Waals surface area (Å²) in [7, 11) is 1.71. The van der Waals surface area contributed by atoms with Crippen molar-refractivity contribution in [3.8, 4) is 11.5 Å². The Labute approximate surface area is 177 Å². The van der Waals surface area contributed by atoms with E-state index in [9.17, 15) is 9.90 Å². The number of aromatic hydroxyl groups is 1. The van der Waals surface area contributed by atoms with Gasteiger partial charge in [-0.15, -0.1) is 0 Å². The zero-order valence-electron chi connectivity index (χ0n) is 17.7. The molecule has 2 aliphatic heterocycles. The third kappa shape index (κ3) is 1.72. The average Bonchev–Trinajstić information content (AvgIpc) is 3.48. The summed E-state index contributed by atoms with van der Waals surface area (Å²) in [5, 5.41) is 10.7. The number of rotatable bonds is 4. The number of methoxy groups -OCH3 is 1. The smallest absolute Gasteiger partial charge is 0.165 e. The van der Waals surface area contributed by atoms with Crippen LogP contribution in [0.4, 0.5) is 0 Å². The van der Waals surface area contributed by atoms with Crippen molar-refractivity contribution in [3.63, 3.8) is 0 Å². The standard InChI is InChI=1S/C25H29NO4/c1-14(27)17-12-23-7-8-25(17,29-2)22-24(23)9-10-26(13-15-3-4-15)19(23)11-16-5-6-18(28)21(30-22)20(16)24/h5-8,15,17,19,22,28H,3-4,9-13H2,1-2H3/t17-,19?,22-,23-,24+,25-/m1/s1. The van der Waals surface area contributed by atoms with Crippen molar-refractivity contribution in [2.24, 2.45) is 17.3 Å². The largest absolute Gasteiger partial charge is 0.504 e. The molecule has 1 aromatic rings. The molecule has 1 saturated heterocycles. The second-order valence-electron chi connectivity index (χ2n) is 10.6. The van der Waals surface area contributed by atoms with Crippen molar-refractivity contribution in [1.29, 1.82) is 0 Å². The summed E-state index contributed by atoms with van der Waals surface area (Å²) in [6, 6.07) is 4.27. The minimum absolute atomic E-state index is 0.145.